The maximum Gasteiger partial charge on any atom is 0.322 e. The molecule has 2 aromatic carbocycles. The molecule has 2 amide bonds. The van der Waals surface area contributed by atoms with Gasteiger partial charge < -0.3 is 19.7 Å². The fourth-order valence-electron chi connectivity index (χ4n) is 4.58. The number of nitrogens with zero attached hydrogens (tertiary/aromatic N) is 1. The summed E-state index contributed by atoms with van der Waals surface area (Å²) in [5.41, 5.74) is 2.78. The first kappa shape index (κ1) is 19.7. The Morgan fingerprint density at radius 3 is 2.87 bits per heavy atom. The lowest BCUT2D eigenvalue weighted by Crippen LogP contribution is -2.38. The van der Waals surface area contributed by atoms with E-state index in [1.54, 1.807) is 6.07 Å². The second-order valence-corrected chi connectivity index (χ2v) is 9.15. The van der Waals surface area contributed by atoms with Gasteiger partial charge >= 0.3 is 6.03 Å². The van der Waals surface area contributed by atoms with Crippen molar-refractivity contribution in [2.45, 2.75) is 25.8 Å². The zero-order valence-electron chi connectivity index (χ0n) is 17.1. The standard InChI is InChI=1S/C24H27ClN2O3/c1-15-6-9-18(10-21(15)25)26-24(28)27-11-17(13-29-12-16-7-8-16)20-14-30-22-5-3-2-4-19(22)23(20)27/h2-6,9-10,16-17,20,23H,7-8,11-14H2,1H3,(H,26,28)/t17-,20-,23-/m0/s1. The molecule has 0 spiro atoms. The van der Waals surface area contributed by atoms with Crippen LogP contribution in [0.5, 0.6) is 5.75 Å². The van der Waals surface area contributed by atoms with E-state index < -0.39 is 0 Å². The number of hydrogen-bond acceptors (Lipinski definition) is 3. The van der Waals surface area contributed by atoms with Gasteiger partial charge in [-0.15, -0.1) is 0 Å². The van der Waals surface area contributed by atoms with Crippen molar-refractivity contribution in [1.29, 1.82) is 0 Å². The number of halogens is 1. The Morgan fingerprint density at radius 1 is 1.23 bits per heavy atom. The highest BCUT2D eigenvalue weighted by molar-refractivity contribution is 6.31. The van der Waals surface area contributed by atoms with Crippen LogP contribution in [0.3, 0.4) is 0 Å². The summed E-state index contributed by atoms with van der Waals surface area (Å²) in [4.78, 5) is 15.3. The van der Waals surface area contributed by atoms with E-state index in [9.17, 15) is 4.79 Å². The third-order valence-electron chi connectivity index (χ3n) is 6.51. The normalized spacial score (nSPS) is 24.7. The van der Waals surface area contributed by atoms with Gasteiger partial charge in [0.1, 0.15) is 5.75 Å². The van der Waals surface area contributed by atoms with Crippen molar-refractivity contribution in [2.75, 3.05) is 31.7 Å². The molecule has 1 saturated carbocycles. The lowest BCUT2D eigenvalue weighted by atomic mass is 9.86. The number of fused-ring (bicyclic) bond motifs is 3. The quantitative estimate of drug-likeness (QED) is 0.706. The Balaban J connectivity index is 1.37. The minimum Gasteiger partial charge on any atom is -0.493 e. The molecular weight excluding hydrogens is 400 g/mol. The fraction of sp³-hybridized carbons (Fsp3) is 0.458. The summed E-state index contributed by atoms with van der Waals surface area (Å²) in [5.74, 6) is 2.09. The van der Waals surface area contributed by atoms with Crippen molar-refractivity contribution in [1.82, 2.24) is 4.90 Å². The van der Waals surface area contributed by atoms with Crippen LogP contribution in [0.25, 0.3) is 0 Å². The summed E-state index contributed by atoms with van der Waals surface area (Å²) in [6.45, 7) is 4.72. The Bertz CT molecular complexity index is 946. The average Bonchev–Trinajstić information content (AvgIpc) is 3.49. The number of benzene rings is 2. The zero-order valence-corrected chi connectivity index (χ0v) is 17.9. The van der Waals surface area contributed by atoms with Crippen LogP contribution in [0.4, 0.5) is 10.5 Å². The van der Waals surface area contributed by atoms with E-state index >= 15 is 0 Å². The van der Waals surface area contributed by atoms with E-state index in [1.807, 2.05) is 42.2 Å². The molecule has 2 aromatic rings. The van der Waals surface area contributed by atoms with E-state index in [1.165, 1.54) is 12.8 Å². The highest BCUT2D eigenvalue weighted by Crippen LogP contribution is 2.47. The SMILES string of the molecule is Cc1ccc(NC(=O)N2C[C@@H](COCC3CC3)[C@@H]3COc4ccccc4[C@@H]32)cc1Cl. The van der Waals surface area contributed by atoms with Crippen LogP contribution in [0.1, 0.15) is 30.0 Å². The number of carbonyl (C=O) groups excluding carboxylic acids is 1. The number of para-hydroxylation sites is 1. The zero-order chi connectivity index (χ0) is 20.7. The fourth-order valence-corrected chi connectivity index (χ4v) is 4.76. The minimum absolute atomic E-state index is 0.00889. The molecule has 2 fully saturated rings. The van der Waals surface area contributed by atoms with E-state index in [4.69, 9.17) is 21.1 Å². The third-order valence-corrected chi connectivity index (χ3v) is 6.92. The van der Waals surface area contributed by atoms with Crippen LogP contribution >= 0.6 is 11.6 Å². The molecule has 1 N–H and O–H groups in total. The second-order valence-electron chi connectivity index (χ2n) is 8.74. The molecule has 1 saturated heterocycles. The van der Waals surface area contributed by atoms with Gasteiger partial charge in [-0.25, -0.2) is 4.79 Å². The molecule has 0 aromatic heterocycles. The minimum atomic E-state index is -0.105. The monoisotopic (exact) mass is 426 g/mol. The molecule has 2 aliphatic heterocycles. The molecule has 158 valence electrons. The summed E-state index contributed by atoms with van der Waals surface area (Å²) in [6.07, 6.45) is 2.56. The first-order chi connectivity index (χ1) is 14.6. The smallest absolute Gasteiger partial charge is 0.322 e. The molecule has 1 aliphatic carbocycles. The molecule has 30 heavy (non-hydrogen) atoms. The number of urea groups is 1. The first-order valence-electron chi connectivity index (χ1n) is 10.7. The molecule has 5 nitrogen and oxygen atoms in total. The molecule has 0 radical (unpaired) electrons. The van der Waals surface area contributed by atoms with Gasteiger partial charge in [-0.2, -0.15) is 0 Å². The van der Waals surface area contributed by atoms with E-state index in [0.29, 0.717) is 30.5 Å². The van der Waals surface area contributed by atoms with Crippen molar-refractivity contribution in [3.63, 3.8) is 0 Å². The predicted molar refractivity (Wildman–Crippen MR) is 117 cm³/mol. The van der Waals surface area contributed by atoms with E-state index in [2.05, 4.69) is 11.4 Å². The van der Waals surface area contributed by atoms with Crippen LogP contribution in [-0.4, -0.2) is 37.3 Å². The van der Waals surface area contributed by atoms with Gasteiger partial charge in [-0.05, 0) is 49.4 Å². The van der Waals surface area contributed by atoms with Gasteiger partial charge in [-0.3, -0.25) is 0 Å². The maximum atomic E-state index is 13.3. The molecule has 3 atom stereocenters. The first-order valence-corrected chi connectivity index (χ1v) is 11.1. The number of carbonyl (C=O) groups is 1. The van der Waals surface area contributed by atoms with Gasteiger partial charge in [0.25, 0.3) is 0 Å². The van der Waals surface area contributed by atoms with Crippen LogP contribution in [0.15, 0.2) is 42.5 Å². The lowest BCUT2D eigenvalue weighted by molar-refractivity contribution is 0.0644. The molecule has 2 heterocycles. The third kappa shape index (κ3) is 3.88. The van der Waals surface area contributed by atoms with Gasteiger partial charge in [-0.1, -0.05) is 35.9 Å². The van der Waals surface area contributed by atoms with Crippen LogP contribution in [0, 0.1) is 24.7 Å². The number of nitrogens with one attached hydrogen (secondary N) is 1. The van der Waals surface area contributed by atoms with Gasteiger partial charge in [0.2, 0.25) is 0 Å². The van der Waals surface area contributed by atoms with Crippen molar-refractivity contribution >= 4 is 23.3 Å². The summed E-state index contributed by atoms with van der Waals surface area (Å²) in [6, 6.07) is 13.5. The molecule has 3 aliphatic rings. The predicted octanol–water partition coefficient (Wildman–Crippen LogP) is 5.29. The number of likely N-dealkylation sites (tertiary alicyclic amines) is 1. The summed E-state index contributed by atoms with van der Waals surface area (Å²) in [7, 11) is 0. The van der Waals surface area contributed by atoms with Gasteiger partial charge in [0.05, 0.1) is 19.3 Å². The Morgan fingerprint density at radius 2 is 2.07 bits per heavy atom. The van der Waals surface area contributed by atoms with E-state index in [0.717, 1.165) is 29.4 Å². The topological polar surface area (TPSA) is 50.8 Å². The molecule has 0 bridgehead atoms. The molecule has 0 unspecified atom stereocenters. The molecule has 6 heteroatoms. The number of aryl methyl sites for hydroxylation is 1. The number of ether oxygens (including phenoxy) is 2. The number of amides is 2. The molecular formula is C24H27ClN2O3. The van der Waals surface area contributed by atoms with Gasteiger partial charge in [0, 0.05) is 41.3 Å². The maximum absolute atomic E-state index is 13.3. The van der Waals surface area contributed by atoms with Crippen molar-refractivity contribution in [3.05, 3.63) is 58.6 Å². The number of rotatable bonds is 5. The van der Waals surface area contributed by atoms with Crippen LogP contribution in [0.2, 0.25) is 5.02 Å². The van der Waals surface area contributed by atoms with Gasteiger partial charge in [0.15, 0.2) is 0 Å². The van der Waals surface area contributed by atoms with Crippen molar-refractivity contribution in [3.8, 4) is 5.75 Å². The molecule has 5 rings (SSSR count). The Hall–Kier alpha value is -2.24. The second kappa shape index (κ2) is 8.12. The van der Waals surface area contributed by atoms with Crippen molar-refractivity contribution < 1.29 is 14.3 Å². The largest absolute Gasteiger partial charge is 0.493 e. The summed E-state index contributed by atoms with van der Waals surface area (Å²) in [5, 5.41) is 3.69. The van der Waals surface area contributed by atoms with E-state index in [-0.39, 0.29) is 23.9 Å². The van der Waals surface area contributed by atoms with Crippen molar-refractivity contribution in [2.24, 2.45) is 17.8 Å². The van der Waals surface area contributed by atoms with Crippen LogP contribution in [-0.2, 0) is 4.74 Å². The highest BCUT2D eigenvalue weighted by atomic mass is 35.5. The summed E-state index contributed by atoms with van der Waals surface area (Å²) < 4.78 is 12.1. The number of anilines is 1. The highest BCUT2D eigenvalue weighted by Gasteiger charge is 2.48. The Kier molecular flexibility index (Phi) is 5.34. The Labute approximate surface area is 182 Å². The lowest BCUT2D eigenvalue weighted by Gasteiger charge is -2.34. The van der Waals surface area contributed by atoms with Crippen LogP contribution < -0.4 is 10.1 Å². The average molecular weight is 427 g/mol. The number of hydrogen-bond donors (Lipinski definition) is 1. The summed E-state index contributed by atoms with van der Waals surface area (Å²) >= 11 is 6.25.